The molecule has 0 aliphatic carbocycles. The number of likely N-dealkylation sites (tertiary alicyclic amines) is 1. The van der Waals surface area contributed by atoms with Gasteiger partial charge in [-0.25, -0.2) is 0 Å². The second-order valence-electron chi connectivity index (χ2n) is 6.65. The largest absolute Gasteiger partial charge is 0.337 e. The Morgan fingerprint density at radius 1 is 1.23 bits per heavy atom. The first kappa shape index (κ1) is 19.2. The molecule has 0 spiro atoms. The van der Waals surface area contributed by atoms with Gasteiger partial charge in [-0.2, -0.15) is 5.10 Å². The third kappa shape index (κ3) is 3.88. The van der Waals surface area contributed by atoms with E-state index in [1.54, 1.807) is 6.20 Å². The molecule has 1 atom stereocenters. The number of rotatable bonds is 3. The molecule has 3 heterocycles. The van der Waals surface area contributed by atoms with E-state index in [4.69, 9.17) is 11.6 Å². The standard InChI is InChI=1S/C18H22ClN5O.ClH/c19-14-3-1-2-13(10-14)17-16(11-21-22-17)18(25)24-7-4-15(12-24)23-8-5-20-6-9-23;/h1-3,10-11,15,20H,4-9,12H2,(H,21,22);1H. The maximum absolute atomic E-state index is 13.0. The number of nitrogens with one attached hydrogen (secondary N) is 2. The summed E-state index contributed by atoms with van der Waals surface area (Å²) in [5.74, 6) is 0.0429. The number of halogens is 2. The summed E-state index contributed by atoms with van der Waals surface area (Å²) < 4.78 is 0. The van der Waals surface area contributed by atoms with Gasteiger partial charge in [-0.3, -0.25) is 14.8 Å². The zero-order chi connectivity index (χ0) is 17.2. The summed E-state index contributed by atoms with van der Waals surface area (Å²) in [4.78, 5) is 17.5. The summed E-state index contributed by atoms with van der Waals surface area (Å²) in [5, 5.41) is 11.1. The molecule has 0 bridgehead atoms. The van der Waals surface area contributed by atoms with E-state index >= 15 is 0 Å². The number of carbonyl (C=O) groups is 1. The van der Waals surface area contributed by atoms with Gasteiger partial charge in [0.2, 0.25) is 0 Å². The van der Waals surface area contributed by atoms with E-state index in [2.05, 4.69) is 20.4 Å². The van der Waals surface area contributed by atoms with E-state index in [-0.39, 0.29) is 18.3 Å². The zero-order valence-electron chi connectivity index (χ0n) is 14.4. The van der Waals surface area contributed by atoms with Crippen LogP contribution in [0.1, 0.15) is 16.8 Å². The SMILES string of the molecule is Cl.O=C(c1cn[nH]c1-c1cccc(Cl)c1)N1CCC(N2CCNCC2)C1. The van der Waals surface area contributed by atoms with Crippen LogP contribution in [0.4, 0.5) is 0 Å². The number of nitrogens with zero attached hydrogens (tertiary/aromatic N) is 3. The van der Waals surface area contributed by atoms with Gasteiger partial charge in [0.15, 0.2) is 0 Å². The first-order chi connectivity index (χ1) is 12.2. The highest BCUT2D eigenvalue weighted by molar-refractivity contribution is 6.30. The summed E-state index contributed by atoms with van der Waals surface area (Å²) >= 11 is 6.09. The lowest BCUT2D eigenvalue weighted by atomic mass is 10.1. The smallest absolute Gasteiger partial charge is 0.257 e. The van der Waals surface area contributed by atoms with Crippen molar-refractivity contribution < 1.29 is 4.79 Å². The second kappa shape index (κ2) is 8.39. The molecular formula is C18H23Cl2N5O. The van der Waals surface area contributed by atoms with E-state index in [0.717, 1.165) is 56.9 Å². The molecule has 2 N–H and O–H groups in total. The lowest BCUT2D eigenvalue weighted by molar-refractivity contribution is 0.0774. The van der Waals surface area contributed by atoms with Crippen LogP contribution in [0, 0.1) is 0 Å². The van der Waals surface area contributed by atoms with Crippen LogP contribution < -0.4 is 5.32 Å². The molecule has 8 heteroatoms. The van der Waals surface area contributed by atoms with Crippen molar-refractivity contribution in [1.82, 2.24) is 25.3 Å². The van der Waals surface area contributed by atoms with Crippen LogP contribution in [-0.4, -0.2) is 71.2 Å². The Balaban J connectivity index is 0.00000196. The lowest BCUT2D eigenvalue weighted by Gasteiger charge is -2.32. The summed E-state index contributed by atoms with van der Waals surface area (Å²) in [6, 6.07) is 7.95. The molecule has 6 nitrogen and oxygen atoms in total. The predicted molar refractivity (Wildman–Crippen MR) is 105 cm³/mol. The molecule has 1 amide bonds. The average Bonchev–Trinajstić information content (AvgIpc) is 3.32. The van der Waals surface area contributed by atoms with Crippen LogP contribution in [0.3, 0.4) is 0 Å². The molecule has 1 aromatic carbocycles. The van der Waals surface area contributed by atoms with Crippen molar-refractivity contribution >= 4 is 29.9 Å². The van der Waals surface area contributed by atoms with E-state index in [0.29, 0.717) is 16.6 Å². The van der Waals surface area contributed by atoms with Crippen LogP contribution in [0.2, 0.25) is 5.02 Å². The number of carbonyl (C=O) groups excluding carboxylic acids is 1. The van der Waals surface area contributed by atoms with Crippen LogP contribution in [-0.2, 0) is 0 Å². The highest BCUT2D eigenvalue weighted by Crippen LogP contribution is 2.26. The van der Waals surface area contributed by atoms with Crippen LogP contribution in [0.5, 0.6) is 0 Å². The number of piperazine rings is 1. The van der Waals surface area contributed by atoms with Gasteiger partial charge >= 0.3 is 0 Å². The summed E-state index contributed by atoms with van der Waals surface area (Å²) in [6.45, 7) is 5.78. The van der Waals surface area contributed by atoms with Gasteiger partial charge in [0, 0.05) is 55.9 Å². The predicted octanol–water partition coefficient (Wildman–Crippen LogP) is 2.27. The maximum Gasteiger partial charge on any atom is 0.257 e. The minimum absolute atomic E-state index is 0. The third-order valence-corrected chi connectivity index (χ3v) is 5.34. The molecule has 1 aromatic heterocycles. The van der Waals surface area contributed by atoms with Gasteiger partial charge in [0.05, 0.1) is 17.5 Å². The average molecular weight is 396 g/mol. The Labute approximate surface area is 164 Å². The van der Waals surface area contributed by atoms with Crippen molar-refractivity contribution in [1.29, 1.82) is 0 Å². The molecule has 0 radical (unpaired) electrons. The van der Waals surface area contributed by atoms with Gasteiger partial charge < -0.3 is 10.2 Å². The minimum Gasteiger partial charge on any atom is -0.337 e. The monoisotopic (exact) mass is 395 g/mol. The molecule has 1 unspecified atom stereocenters. The first-order valence-corrected chi connectivity index (χ1v) is 9.13. The van der Waals surface area contributed by atoms with Gasteiger partial charge in [0.1, 0.15) is 0 Å². The van der Waals surface area contributed by atoms with Gasteiger partial charge in [0.25, 0.3) is 5.91 Å². The van der Waals surface area contributed by atoms with E-state index in [1.807, 2.05) is 29.2 Å². The Kier molecular flexibility index (Phi) is 6.19. The third-order valence-electron chi connectivity index (χ3n) is 5.10. The van der Waals surface area contributed by atoms with Crippen LogP contribution in [0.25, 0.3) is 11.3 Å². The van der Waals surface area contributed by atoms with Crippen LogP contribution in [0.15, 0.2) is 30.5 Å². The fraction of sp³-hybridized carbons (Fsp3) is 0.444. The van der Waals surface area contributed by atoms with Crippen molar-refractivity contribution in [2.75, 3.05) is 39.3 Å². The highest BCUT2D eigenvalue weighted by atomic mass is 35.5. The molecule has 26 heavy (non-hydrogen) atoms. The van der Waals surface area contributed by atoms with Crippen molar-refractivity contribution in [3.63, 3.8) is 0 Å². The molecule has 0 saturated carbocycles. The molecule has 2 aliphatic rings. The molecule has 2 aromatic rings. The Bertz CT molecular complexity index is 760. The van der Waals surface area contributed by atoms with Crippen LogP contribution >= 0.6 is 24.0 Å². The number of hydrogen-bond donors (Lipinski definition) is 2. The molecule has 4 rings (SSSR count). The zero-order valence-corrected chi connectivity index (χ0v) is 16.0. The van der Waals surface area contributed by atoms with Crippen molar-refractivity contribution in [3.8, 4) is 11.3 Å². The van der Waals surface area contributed by atoms with Crippen molar-refractivity contribution in [2.24, 2.45) is 0 Å². The van der Waals surface area contributed by atoms with Crippen molar-refractivity contribution in [3.05, 3.63) is 41.0 Å². The Hall–Kier alpha value is -1.60. The number of aromatic amines is 1. The summed E-state index contributed by atoms with van der Waals surface area (Å²) in [7, 11) is 0. The number of hydrogen-bond acceptors (Lipinski definition) is 4. The molecular weight excluding hydrogens is 373 g/mol. The number of H-pyrrole nitrogens is 1. The lowest BCUT2D eigenvalue weighted by Crippen LogP contribution is -2.49. The highest BCUT2D eigenvalue weighted by Gasteiger charge is 2.32. The summed E-state index contributed by atoms with van der Waals surface area (Å²) in [6.07, 6.45) is 2.66. The summed E-state index contributed by atoms with van der Waals surface area (Å²) in [5.41, 5.74) is 2.23. The topological polar surface area (TPSA) is 64.3 Å². The molecule has 2 saturated heterocycles. The maximum atomic E-state index is 13.0. The van der Waals surface area contributed by atoms with E-state index < -0.39 is 0 Å². The molecule has 140 valence electrons. The van der Waals surface area contributed by atoms with E-state index in [1.165, 1.54) is 0 Å². The molecule has 2 aliphatic heterocycles. The number of benzene rings is 1. The van der Waals surface area contributed by atoms with Gasteiger partial charge in [-0.15, -0.1) is 12.4 Å². The second-order valence-corrected chi connectivity index (χ2v) is 7.09. The quantitative estimate of drug-likeness (QED) is 0.836. The fourth-order valence-corrected chi connectivity index (χ4v) is 3.94. The first-order valence-electron chi connectivity index (χ1n) is 8.76. The Morgan fingerprint density at radius 2 is 2.04 bits per heavy atom. The number of aromatic nitrogens is 2. The normalized spacial score (nSPS) is 20.8. The number of amides is 1. The minimum atomic E-state index is 0. The van der Waals surface area contributed by atoms with E-state index in [9.17, 15) is 4.79 Å². The van der Waals surface area contributed by atoms with Crippen molar-refractivity contribution in [2.45, 2.75) is 12.5 Å². The van der Waals surface area contributed by atoms with Gasteiger partial charge in [-0.1, -0.05) is 23.7 Å². The fourth-order valence-electron chi connectivity index (χ4n) is 3.75. The van der Waals surface area contributed by atoms with Gasteiger partial charge in [-0.05, 0) is 18.6 Å². The molecule has 2 fully saturated rings. The Morgan fingerprint density at radius 3 is 2.81 bits per heavy atom.